The first kappa shape index (κ1) is 16.6. The minimum atomic E-state index is -0.250. The Labute approximate surface area is 123 Å². The van der Waals surface area contributed by atoms with Crippen molar-refractivity contribution in [1.29, 1.82) is 0 Å². The van der Waals surface area contributed by atoms with Crippen molar-refractivity contribution in [3.05, 3.63) is 42.1 Å². The molecule has 2 rings (SSSR count). The summed E-state index contributed by atoms with van der Waals surface area (Å²) in [5.41, 5.74) is 7.57. The lowest BCUT2D eigenvalue weighted by Gasteiger charge is -2.18. The van der Waals surface area contributed by atoms with Crippen molar-refractivity contribution in [2.75, 3.05) is 0 Å². The van der Waals surface area contributed by atoms with Crippen molar-refractivity contribution in [2.45, 2.75) is 20.3 Å². The largest absolute Gasteiger partial charge is 0.483 e. The molecule has 0 aliphatic carbocycles. The van der Waals surface area contributed by atoms with E-state index in [-0.39, 0.29) is 24.2 Å². The summed E-state index contributed by atoms with van der Waals surface area (Å²) in [6.45, 7) is 3.80. The first-order valence-corrected chi connectivity index (χ1v) is 6.71. The molecule has 5 nitrogen and oxygen atoms in total. The van der Waals surface area contributed by atoms with Crippen LogP contribution in [0.1, 0.15) is 19.4 Å². The summed E-state index contributed by atoms with van der Waals surface area (Å²) < 4.78 is 0. The first-order valence-electron chi connectivity index (χ1n) is 6.71. The maximum Gasteiger partial charge on any atom is 0.290 e. The van der Waals surface area contributed by atoms with Gasteiger partial charge in [0, 0.05) is 17.5 Å². The Bertz CT molecular complexity index is 606. The molecule has 1 aromatic carbocycles. The Morgan fingerprint density at radius 3 is 2.57 bits per heavy atom. The fourth-order valence-corrected chi connectivity index (χ4v) is 2.25. The second kappa shape index (κ2) is 7.99. The lowest BCUT2D eigenvalue weighted by Crippen LogP contribution is -2.29. The molecular weight excluding hydrogens is 268 g/mol. The van der Waals surface area contributed by atoms with Crippen LogP contribution < -0.4 is 5.73 Å². The van der Waals surface area contributed by atoms with E-state index in [4.69, 9.17) is 15.6 Å². The molecule has 1 heterocycles. The molecule has 1 unspecified atom stereocenters. The number of amides is 1. The van der Waals surface area contributed by atoms with E-state index < -0.39 is 0 Å². The Morgan fingerprint density at radius 2 is 2.00 bits per heavy atom. The quantitative estimate of drug-likeness (QED) is 0.844. The average Bonchev–Trinajstić information content (AvgIpc) is 2.45. The Morgan fingerprint density at radius 1 is 1.33 bits per heavy atom. The van der Waals surface area contributed by atoms with Crippen LogP contribution in [0.3, 0.4) is 0 Å². The minimum Gasteiger partial charge on any atom is -0.483 e. The molecule has 0 saturated carbocycles. The topological polar surface area (TPSA) is 93.3 Å². The summed E-state index contributed by atoms with van der Waals surface area (Å²) in [6.07, 6.45) is 2.45. The fourth-order valence-electron chi connectivity index (χ4n) is 2.25. The van der Waals surface area contributed by atoms with Gasteiger partial charge in [-0.15, -0.1) is 0 Å². The molecular formula is C16H20N2O3. The molecule has 112 valence electrons. The number of nitrogens with zero attached hydrogens (tertiary/aromatic N) is 1. The summed E-state index contributed by atoms with van der Waals surface area (Å²) in [6, 6.07) is 9.95. The van der Waals surface area contributed by atoms with Gasteiger partial charge >= 0.3 is 0 Å². The highest BCUT2D eigenvalue weighted by molar-refractivity contribution is 5.83. The third-order valence-corrected chi connectivity index (χ3v) is 3.35. The highest BCUT2D eigenvalue weighted by Gasteiger charge is 2.20. The van der Waals surface area contributed by atoms with Gasteiger partial charge in [0.25, 0.3) is 6.47 Å². The number of primary amides is 1. The summed E-state index contributed by atoms with van der Waals surface area (Å²) in [5, 5.41) is 7.99. The summed E-state index contributed by atoms with van der Waals surface area (Å²) >= 11 is 0. The number of pyridine rings is 1. The van der Waals surface area contributed by atoms with Gasteiger partial charge in [-0.3, -0.25) is 14.6 Å². The standard InChI is InChI=1S/C15H18N2O.CH2O2/c1-10(2)13(15(16)18)9-11-5-3-7-14-12(11)6-4-8-17-14;2-1-3/h3-8,10,13H,9H2,1-2H3,(H2,16,18);1H,(H,2,3). The number of fused-ring (bicyclic) bond motifs is 1. The van der Waals surface area contributed by atoms with Crippen LogP contribution in [0.15, 0.2) is 36.5 Å². The van der Waals surface area contributed by atoms with E-state index in [2.05, 4.69) is 4.98 Å². The molecule has 3 N–H and O–H groups in total. The van der Waals surface area contributed by atoms with Crippen molar-refractivity contribution in [3.8, 4) is 0 Å². The third kappa shape index (κ3) is 4.56. The second-order valence-corrected chi connectivity index (χ2v) is 5.05. The monoisotopic (exact) mass is 288 g/mol. The Kier molecular flexibility index (Phi) is 6.33. The zero-order valence-electron chi connectivity index (χ0n) is 12.2. The predicted octanol–water partition coefficient (Wildman–Crippen LogP) is 2.24. The van der Waals surface area contributed by atoms with Crippen LogP contribution >= 0.6 is 0 Å². The summed E-state index contributed by atoms with van der Waals surface area (Å²) in [5.74, 6) is -0.115. The van der Waals surface area contributed by atoms with E-state index in [1.165, 1.54) is 0 Å². The van der Waals surface area contributed by atoms with Gasteiger partial charge in [-0.05, 0) is 30.0 Å². The van der Waals surface area contributed by atoms with E-state index in [9.17, 15) is 4.79 Å². The van der Waals surface area contributed by atoms with Gasteiger partial charge < -0.3 is 10.8 Å². The molecule has 0 radical (unpaired) electrons. The third-order valence-electron chi connectivity index (χ3n) is 3.35. The number of aromatic nitrogens is 1. The molecule has 0 spiro atoms. The first-order chi connectivity index (χ1) is 10.0. The zero-order chi connectivity index (χ0) is 15.8. The van der Waals surface area contributed by atoms with Gasteiger partial charge in [-0.2, -0.15) is 0 Å². The summed E-state index contributed by atoms with van der Waals surface area (Å²) in [4.78, 5) is 24.2. The normalized spacial score (nSPS) is 11.6. The van der Waals surface area contributed by atoms with E-state index in [1.54, 1.807) is 6.20 Å². The van der Waals surface area contributed by atoms with Crippen molar-refractivity contribution in [3.63, 3.8) is 0 Å². The van der Waals surface area contributed by atoms with Gasteiger partial charge in [0.05, 0.1) is 5.52 Å². The molecule has 1 amide bonds. The maximum absolute atomic E-state index is 11.5. The molecule has 1 atom stereocenters. The van der Waals surface area contributed by atoms with Crippen LogP contribution in [0, 0.1) is 11.8 Å². The van der Waals surface area contributed by atoms with Crippen LogP contribution in [0.2, 0.25) is 0 Å². The van der Waals surface area contributed by atoms with Gasteiger partial charge in [0.15, 0.2) is 0 Å². The van der Waals surface area contributed by atoms with Gasteiger partial charge in [-0.25, -0.2) is 0 Å². The molecule has 21 heavy (non-hydrogen) atoms. The van der Waals surface area contributed by atoms with Crippen molar-refractivity contribution in [1.82, 2.24) is 4.98 Å². The van der Waals surface area contributed by atoms with Crippen LogP contribution in [-0.2, 0) is 16.0 Å². The molecule has 2 aromatic rings. The van der Waals surface area contributed by atoms with Gasteiger partial charge in [0.1, 0.15) is 0 Å². The average molecular weight is 288 g/mol. The van der Waals surface area contributed by atoms with Crippen LogP contribution in [0.4, 0.5) is 0 Å². The number of hydrogen-bond donors (Lipinski definition) is 2. The SMILES string of the molecule is CC(C)C(Cc1cccc2ncccc12)C(N)=O.O=CO. The van der Waals surface area contributed by atoms with Crippen molar-refractivity contribution in [2.24, 2.45) is 17.6 Å². The molecule has 0 aliphatic rings. The molecule has 5 heteroatoms. The van der Waals surface area contributed by atoms with Crippen LogP contribution in [0.25, 0.3) is 10.9 Å². The Balaban J connectivity index is 0.000000677. The van der Waals surface area contributed by atoms with E-state index in [0.29, 0.717) is 6.42 Å². The fraction of sp³-hybridized carbons (Fsp3) is 0.312. The second-order valence-electron chi connectivity index (χ2n) is 5.05. The lowest BCUT2D eigenvalue weighted by atomic mass is 9.87. The zero-order valence-corrected chi connectivity index (χ0v) is 12.2. The number of carboxylic acid groups (broad SMARTS) is 1. The predicted molar refractivity (Wildman–Crippen MR) is 81.7 cm³/mol. The molecule has 1 aromatic heterocycles. The molecule has 0 saturated heterocycles. The Hall–Kier alpha value is -2.43. The number of carbonyl (C=O) groups is 2. The minimum absolute atomic E-state index is 0.129. The number of nitrogens with two attached hydrogens (primary N) is 1. The van der Waals surface area contributed by atoms with Crippen molar-refractivity contribution < 1.29 is 14.7 Å². The number of rotatable bonds is 4. The maximum atomic E-state index is 11.5. The number of hydrogen-bond acceptors (Lipinski definition) is 3. The van der Waals surface area contributed by atoms with Crippen LogP contribution in [0.5, 0.6) is 0 Å². The highest BCUT2D eigenvalue weighted by atomic mass is 16.3. The number of carbonyl (C=O) groups excluding carboxylic acids is 1. The van der Waals surface area contributed by atoms with Crippen molar-refractivity contribution >= 4 is 23.3 Å². The molecule has 0 aliphatic heterocycles. The van der Waals surface area contributed by atoms with Crippen LogP contribution in [-0.4, -0.2) is 22.5 Å². The van der Waals surface area contributed by atoms with Gasteiger partial charge in [-0.1, -0.05) is 32.0 Å². The highest BCUT2D eigenvalue weighted by Crippen LogP contribution is 2.23. The summed E-state index contributed by atoms with van der Waals surface area (Å²) in [7, 11) is 0. The van der Waals surface area contributed by atoms with E-state index in [1.807, 2.05) is 44.2 Å². The molecule has 0 bridgehead atoms. The molecule has 0 fully saturated rings. The smallest absolute Gasteiger partial charge is 0.290 e. The number of benzene rings is 1. The van der Waals surface area contributed by atoms with E-state index >= 15 is 0 Å². The van der Waals surface area contributed by atoms with Gasteiger partial charge in [0.2, 0.25) is 5.91 Å². The van der Waals surface area contributed by atoms with E-state index in [0.717, 1.165) is 16.5 Å². The lowest BCUT2D eigenvalue weighted by molar-refractivity contribution is -0.123.